The van der Waals surface area contributed by atoms with Gasteiger partial charge in [-0.2, -0.15) is 0 Å². The highest BCUT2D eigenvalue weighted by Gasteiger charge is 2.17. The average molecular weight is 249 g/mol. The number of aromatic hydroxyl groups is 1. The SMILES string of the molecule is COc1ccc(C(C)NCCC2CCC2)c(O)c1. The van der Waals surface area contributed by atoms with Crippen LogP contribution in [0.25, 0.3) is 0 Å². The lowest BCUT2D eigenvalue weighted by Crippen LogP contribution is -2.24. The smallest absolute Gasteiger partial charge is 0.124 e. The summed E-state index contributed by atoms with van der Waals surface area (Å²) in [5.41, 5.74) is 0.935. The largest absolute Gasteiger partial charge is 0.507 e. The quantitative estimate of drug-likeness (QED) is 0.813. The van der Waals surface area contributed by atoms with E-state index in [4.69, 9.17) is 4.74 Å². The molecule has 1 unspecified atom stereocenters. The van der Waals surface area contributed by atoms with Gasteiger partial charge in [0.25, 0.3) is 0 Å². The zero-order chi connectivity index (χ0) is 13.0. The maximum absolute atomic E-state index is 9.94. The van der Waals surface area contributed by atoms with Crippen LogP contribution in [-0.4, -0.2) is 18.8 Å². The molecule has 0 aliphatic heterocycles. The third-order valence-corrected chi connectivity index (χ3v) is 3.93. The van der Waals surface area contributed by atoms with Gasteiger partial charge in [-0.25, -0.2) is 0 Å². The minimum atomic E-state index is 0.177. The Kier molecular flexibility index (Phi) is 4.48. The van der Waals surface area contributed by atoms with Gasteiger partial charge in [0.1, 0.15) is 11.5 Å². The van der Waals surface area contributed by atoms with Crippen molar-refractivity contribution in [3.05, 3.63) is 23.8 Å². The second-order valence-electron chi connectivity index (χ2n) is 5.19. The van der Waals surface area contributed by atoms with E-state index in [0.29, 0.717) is 11.5 Å². The predicted molar refractivity (Wildman–Crippen MR) is 73.0 cm³/mol. The van der Waals surface area contributed by atoms with E-state index in [1.54, 1.807) is 13.2 Å². The maximum Gasteiger partial charge on any atom is 0.124 e. The van der Waals surface area contributed by atoms with Gasteiger partial charge in [-0.05, 0) is 31.9 Å². The van der Waals surface area contributed by atoms with Gasteiger partial charge >= 0.3 is 0 Å². The molecule has 18 heavy (non-hydrogen) atoms. The first kappa shape index (κ1) is 13.2. The highest BCUT2D eigenvalue weighted by atomic mass is 16.5. The van der Waals surface area contributed by atoms with Crippen molar-refractivity contribution in [3.8, 4) is 11.5 Å². The zero-order valence-corrected chi connectivity index (χ0v) is 11.3. The summed E-state index contributed by atoms with van der Waals surface area (Å²) in [5, 5.41) is 13.4. The van der Waals surface area contributed by atoms with Crippen molar-refractivity contribution in [2.75, 3.05) is 13.7 Å². The molecular formula is C15H23NO2. The molecule has 0 saturated heterocycles. The molecule has 0 spiro atoms. The minimum absolute atomic E-state index is 0.177. The van der Waals surface area contributed by atoms with Crippen molar-refractivity contribution in [1.29, 1.82) is 0 Å². The van der Waals surface area contributed by atoms with Crippen LogP contribution in [0.1, 0.15) is 44.2 Å². The molecule has 0 aromatic heterocycles. The standard InChI is InChI=1S/C15H23NO2/c1-11(16-9-8-12-4-3-5-12)14-7-6-13(18-2)10-15(14)17/h6-7,10-12,16-17H,3-5,8-9H2,1-2H3. The number of rotatable bonds is 6. The van der Waals surface area contributed by atoms with Crippen molar-refractivity contribution in [2.45, 2.75) is 38.6 Å². The van der Waals surface area contributed by atoms with E-state index in [9.17, 15) is 5.11 Å². The lowest BCUT2D eigenvalue weighted by Gasteiger charge is -2.26. The van der Waals surface area contributed by atoms with Crippen molar-refractivity contribution >= 4 is 0 Å². The van der Waals surface area contributed by atoms with Gasteiger partial charge < -0.3 is 15.2 Å². The van der Waals surface area contributed by atoms with Crippen LogP contribution in [0.4, 0.5) is 0 Å². The molecule has 3 heteroatoms. The molecule has 2 rings (SSSR count). The van der Waals surface area contributed by atoms with Gasteiger partial charge in [0.15, 0.2) is 0 Å². The summed E-state index contributed by atoms with van der Waals surface area (Å²) in [7, 11) is 1.61. The molecule has 1 aromatic carbocycles. The van der Waals surface area contributed by atoms with Crippen LogP contribution in [-0.2, 0) is 0 Å². The summed E-state index contributed by atoms with van der Waals surface area (Å²) in [6, 6.07) is 5.66. The summed E-state index contributed by atoms with van der Waals surface area (Å²) in [4.78, 5) is 0. The molecular weight excluding hydrogens is 226 g/mol. The number of hydrogen-bond acceptors (Lipinski definition) is 3. The van der Waals surface area contributed by atoms with Gasteiger partial charge in [-0.3, -0.25) is 0 Å². The Hall–Kier alpha value is -1.22. The van der Waals surface area contributed by atoms with Crippen molar-refractivity contribution < 1.29 is 9.84 Å². The summed E-state index contributed by atoms with van der Waals surface area (Å²) in [6.45, 7) is 3.11. The molecule has 2 N–H and O–H groups in total. The van der Waals surface area contributed by atoms with E-state index in [1.807, 2.05) is 12.1 Å². The topological polar surface area (TPSA) is 41.5 Å². The number of benzene rings is 1. The van der Waals surface area contributed by atoms with E-state index in [0.717, 1.165) is 18.0 Å². The minimum Gasteiger partial charge on any atom is -0.507 e. The lowest BCUT2D eigenvalue weighted by molar-refractivity contribution is 0.288. The number of methoxy groups -OCH3 is 1. The fourth-order valence-corrected chi connectivity index (χ4v) is 2.41. The normalized spacial score (nSPS) is 17.2. The Morgan fingerprint density at radius 1 is 1.44 bits per heavy atom. The van der Waals surface area contributed by atoms with Crippen LogP contribution in [0.5, 0.6) is 11.5 Å². The van der Waals surface area contributed by atoms with Gasteiger partial charge in [0.05, 0.1) is 7.11 Å². The van der Waals surface area contributed by atoms with Crippen LogP contribution >= 0.6 is 0 Å². The van der Waals surface area contributed by atoms with Crippen molar-refractivity contribution in [1.82, 2.24) is 5.32 Å². The molecule has 1 aromatic rings. The summed E-state index contributed by atoms with van der Waals surface area (Å²) >= 11 is 0. The number of phenols is 1. The second kappa shape index (κ2) is 6.10. The van der Waals surface area contributed by atoms with Crippen LogP contribution in [0.15, 0.2) is 18.2 Å². The zero-order valence-electron chi connectivity index (χ0n) is 11.3. The van der Waals surface area contributed by atoms with Gasteiger partial charge in [-0.15, -0.1) is 0 Å². The van der Waals surface area contributed by atoms with Crippen LogP contribution in [0.3, 0.4) is 0 Å². The molecule has 1 aliphatic rings. The predicted octanol–water partition coefficient (Wildman–Crippen LogP) is 3.24. The van der Waals surface area contributed by atoms with E-state index in [-0.39, 0.29) is 6.04 Å². The van der Waals surface area contributed by atoms with E-state index in [2.05, 4.69) is 12.2 Å². The molecule has 1 atom stereocenters. The first-order valence-corrected chi connectivity index (χ1v) is 6.81. The molecule has 1 saturated carbocycles. The lowest BCUT2D eigenvalue weighted by atomic mass is 9.83. The highest BCUT2D eigenvalue weighted by molar-refractivity contribution is 5.41. The monoisotopic (exact) mass is 249 g/mol. The van der Waals surface area contributed by atoms with Crippen molar-refractivity contribution in [2.24, 2.45) is 5.92 Å². The molecule has 0 heterocycles. The van der Waals surface area contributed by atoms with Crippen LogP contribution in [0.2, 0.25) is 0 Å². The highest BCUT2D eigenvalue weighted by Crippen LogP contribution is 2.30. The number of ether oxygens (including phenoxy) is 1. The fraction of sp³-hybridized carbons (Fsp3) is 0.600. The Morgan fingerprint density at radius 3 is 2.78 bits per heavy atom. The van der Waals surface area contributed by atoms with E-state index >= 15 is 0 Å². The Labute approximate surface area is 109 Å². The average Bonchev–Trinajstić information content (AvgIpc) is 2.31. The van der Waals surface area contributed by atoms with E-state index in [1.165, 1.54) is 25.7 Å². The van der Waals surface area contributed by atoms with Gasteiger partial charge in [-0.1, -0.05) is 25.3 Å². The Bertz CT molecular complexity index is 388. The third-order valence-electron chi connectivity index (χ3n) is 3.93. The second-order valence-corrected chi connectivity index (χ2v) is 5.19. The molecule has 0 bridgehead atoms. The fourth-order valence-electron chi connectivity index (χ4n) is 2.41. The van der Waals surface area contributed by atoms with Crippen LogP contribution < -0.4 is 10.1 Å². The molecule has 1 aliphatic carbocycles. The molecule has 1 fully saturated rings. The summed E-state index contributed by atoms with van der Waals surface area (Å²) < 4.78 is 5.08. The van der Waals surface area contributed by atoms with Crippen molar-refractivity contribution in [3.63, 3.8) is 0 Å². The summed E-state index contributed by atoms with van der Waals surface area (Å²) in [6.07, 6.45) is 5.44. The van der Waals surface area contributed by atoms with E-state index < -0.39 is 0 Å². The summed E-state index contributed by atoms with van der Waals surface area (Å²) in [5.74, 6) is 1.92. The molecule has 3 nitrogen and oxygen atoms in total. The third kappa shape index (κ3) is 3.16. The van der Waals surface area contributed by atoms with Gasteiger partial charge in [0.2, 0.25) is 0 Å². The van der Waals surface area contributed by atoms with Crippen LogP contribution in [0, 0.1) is 5.92 Å². The Balaban J connectivity index is 1.85. The maximum atomic E-state index is 9.94. The number of hydrogen-bond donors (Lipinski definition) is 2. The number of nitrogens with one attached hydrogen (secondary N) is 1. The molecule has 0 amide bonds. The number of phenolic OH excluding ortho intramolecular Hbond substituents is 1. The first-order valence-electron chi connectivity index (χ1n) is 6.81. The first-order chi connectivity index (χ1) is 8.70. The van der Waals surface area contributed by atoms with Gasteiger partial charge in [0, 0.05) is 17.7 Å². The molecule has 100 valence electrons. The Morgan fingerprint density at radius 2 is 2.22 bits per heavy atom. The molecule has 0 radical (unpaired) electrons.